The summed E-state index contributed by atoms with van der Waals surface area (Å²) in [5.74, 6) is 0.422. The molecule has 1 atom stereocenters. The number of carbonyl (C=O) groups is 1. The van der Waals surface area contributed by atoms with Crippen LogP contribution in [0.1, 0.15) is 6.92 Å². The number of carbonyl (C=O) groups excluding carboxylic acids is 1. The summed E-state index contributed by atoms with van der Waals surface area (Å²) in [6.45, 7) is 1.61. The number of ether oxygens (including phenoxy) is 1. The first kappa shape index (κ1) is 15.9. The van der Waals surface area contributed by atoms with Crippen molar-refractivity contribution in [2.45, 2.75) is 13.0 Å². The van der Waals surface area contributed by atoms with Crippen molar-refractivity contribution in [1.82, 2.24) is 4.98 Å². The number of aromatic nitrogens is 1. The molecule has 2 aromatic rings. The summed E-state index contributed by atoms with van der Waals surface area (Å²) in [5, 5.41) is 3.94. The summed E-state index contributed by atoms with van der Waals surface area (Å²) in [5.41, 5.74) is 0. The van der Waals surface area contributed by atoms with Gasteiger partial charge in [-0.3, -0.25) is 4.79 Å². The van der Waals surface area contributed by atoms with E-state index in [0.29, 0.717) is 26.6 Å². The smallest absolute Gasteiger partial charge is 0.266 e. The molecule has 1 N–H and O–H groups in total. The van der Waals surface area contributed by atoms with Gasteiger partial charge in [0.25, 0.3) is 5.91 Å². The van der Waals surface area contributed by atoms with E-state index in [1.807, 2.05) is 0 Å². The maximum atomic E-state index is 12.0. The molecule has 0 spiro atoms. The van der Waals surface area contributed by atoms with Gasteiger partial charge in [0, 0.05) is 11.2 Å². The quantitative estimate of drug-likeness (QED) is 0.890. The third kappa shape index (κ3) is 4.49. The third-order valence-electron chi connectivity index (χ3n) is 2.55. The Morgan fingerprint density at radius 2 is 1.90 bits per heavy atom. The molecule has 0 fully saturated rings. The van der Waals surface area contributed by atoms with E-state index < -0.39 is 6.10 Å². The molecule has 1 aromatic heterocycles. The molecule has 0 saturated carbocycles. The average molecular weight is 346 g/mol. The van der Waals surface area contributed by atoms with Crippen LogP contribution in [-0.2, 0) is 4.79 Å². The number of nitrogens with one attached hydrogen (secondary N) is 1. The summed E-state index contributed by atoms with van der Waals surface area (Å²) in [6.07, 6.45) is 0.694. The fraction of sp³-hybridized carbons (Fsp3) is 0.143. The minimum atomic E-state index is -0.749. The Balaban J connectivity index is 2.00. The van der Waals surface area contributed by atoms with E-state index in [0.717, 1.165) is 0 Å². The summed E-state index contributed by atoms with van der Waals surface area (Å²) in [7, 11) is 0. The molecule has 1 amide bonds. The molecule has 0 unspecified atom stereocenters. The van der Waals surface area contributed by atoms with Gasteiger partial charge >= 0.3 is 0 Å². The van der Waals surface area contributed by atoms with Crippen molar-refractivity contribution in [3.05, 3.63) is 51.6 Å². The number of nitrogens with zero attached hydrogens (tertiary/aromatic N) is 1. The second-order valence-corrected chi connectivity index (χ2v) is 5.47. The zero-order chi connectivity index (χ0) is 15.4. The summed E-state index contributed by atoms with van der Waals surface area (Å²) in [4.78, 5) is 16.0. The van der Waals surface area contributed by atoms with Crippen LogP contribution < -0.4 is 10.1 Å². The lowest BCUT2D eigenvalue weighted by molar-refractivity contribution is -0.122. The van der Waals surface area contributed by atoms with Crippen LogP contribution in [0, 0.1) is 0 Å². The number of anilines is 1. The molecule has 4 nitrogen and oxygen atoms in total. The second-order valence-electron chi connectivity index (χ2n) is 4.19. The first-order chi connectivity index (χ1) is 9.95. The Kier molecular flexibility index (Phi) is 5.28. The first-order valence-corrected chi connectivity index (χ1v) is 7.13. The van der Waals surface area contributed by atoms with Crippen LogP contribution >= 0.6 is 34.8 Å². The van der Waals surface area contributed by atoms with Crippen LogP contribution in [0.15, 0.2) is 36.5 Å². The molecule has 1 aromatic carbocycles. The van der Waals surface area contributed by atoms with Gasteiger partial charge in [-0.2, -0.15) is 0 Å². The highest BCUT2D eigenvalue weighted by Crippen LogP contribution is 2.28. The van der Waals surface area contributed by atoms with Crippen molar-refractivity contribution in [3.63, 3.8) is 0 Å². The van der Waals surface area contributed by atoms with E-state index in [4.69, 9.17) is 39.5 Å². The van der Waals surface area contributed by atoms with Crippen LogP contribution in [0.2, 0.25) is 15.1 Å². The molecular weight excluding hydrogens is 335 g/mol. The van der Waals surface area contributed by atoms with E-state index in [1.165, 1.54) is 6.20 Å². The van der Waals surface area contributed by atoms with Crippen molar-refractivity contribution in [1.29, 1.82) is 0 Å². The lowest BCUT2D eigenvalue weighted by Gasteiger charge is -2.15. The van der Waals surface area contributed by atoms with E-state index in [9.17, 15) is 4.79 Å². The standard InChI is InChI=1S/C14H11Cl3N2O2/c1-8(21-12-4-2-9(15)6-11(12)17)14(20)19-13-5-3-10(16)7-18-13/h2-8H,1H3,(H,18,19,20)/t8-/m1/s1. The van der Waals surface area contributed by atoms with Gasteiger partial charge < -0.3 is 10.1 Å². The molecule has 110 valence electrons. The van der Waals surface area contributed by atoms with Gasteiger partial charge in [-0.15, -0.1) is 0 Å². The predicted molar refractivity (Wildman–Crippen MR) is 84.4 cm³/mol. The van der Waals surface area contributed by atoms with Crippen LogP contribution in [-0.4, -0.2) is 17.0 Å². The Labute approximate surface area is 137 Å². The number of hydrogen-bond acceptors (Lipinski definition) is 3. The van der Waals surface area contributed by atoms with Crippen LogP contribution in [0.4, 0.5) is 5.82 Å². The molecule has 0 saturated heterocycles. The summed E-state index contributed by atoms with van der Waals surface area (Å²) in [6, 6.07) is 8.01. The number of pyridine rings is 1. The van der Waals surface area contributed by atoms with E-state index in [1.54, 1.807) is 37.3 Å². The summed E-state index contributed by atoms with van der Waals surface area (Å²) >= 11 is 17.5. The molecule has 0 radical (unpaired) electrons. The number of rotatable bonds is 4. The average Bonchev–Trinajstić information content (AvgIpc) is 2.44. The Morgan fingerprint density at radius 1 is 1.19 bits per heavy atom. The van der Waals surface area contributed by atoms with Crippen LogP contribution in [0.25, 0.3) is 0 Å². The second kappa shape index (κ2) is 6.98. The summed E-state index contributed by atoms with van der Waals surface area (Å²) < 4.78 is 5.50. The third-order valence-corrected chi connectivity index (χ3v) is 3.30. The maximum Gasteiger partial charge on any atom is 0.266 e. The molecule has 0 bridgehead atoms. The molecule has 21 heavy (non-hydrogen) atoms. The molecule has 7 heteroatoms. The molecule has 1 heterocycles. The maximum absolute atomic E-state index is 12.0. The fourth-order valence-electron chi connectivity index (χ4n) is 1.49. The number of benzene rings is 1. The van der Waals surface area contributed by atoms with Crippen LogP contribution in [0.3, 0.4) is 0 Å². The molecule has 2 rings (SSSR count). The minimum Gasteiger partial charge on any atom is -0.479 e. The highest BCUT2D eigenvalue weighted by Gasteiger charge is 2.16. The van der Waals surface area contributed by atoms with Crippen molar-refractivity contribution < 1.29 is 9.53 Å². The van der Waals surface area contributed by atoms with Gasteiger partial charge in [0.1, 0.15) is 11.6 Å². The molecule has 0 aliphatic rings. The first-order valence-electron chi connectivity index (χ1n) is 6.00. The molecule has 0 aliphatic heterocycles. The van der Waals surface area contributed by atoms with Gasteiger partial charge in [0.05, 0.1) is 10.0 Å². The van der Waals surface area contributed by atoms with Gasteiger partial charge in [-0.1, -0.05) is 34.8 Å². The zero-order valence-electron chi connectivity index (χ0n) is 10.9. The van der Waals surface area contributed by atoms with E-state index in [-0.39, 0.29) is 5.91 Å². The van der Waals surface area contributed by atoms with Crippen molar-refractivity contribution in [3.8, 4) is 5.75 Å². The lowest BCUT2D eigenvalue weighted by Crippen LogP contribution is -2.30. The number of amides is 1. The lowest BCUT2D eigenvalue weighted by atomic mass is 10.3. The van der Waals surface area contributed by atoms with E-state index >= 15 is 0 Å². The van der Waals surface area contributed by atoms with Crippen LogP contribution in [0.5, 0.6) is 5.75 Å². The molecular formula is C14H11Cl3N2O2. The van der Waals surface area contributed by atoms with Gasteiger partial charge in [-0.05, 0) is 37.3 Å². The van der Waals surface area contributed by atoms with Crippen molar-refractivity contribution >= 4 is 46.5 Å². The monoisotopic (exact) mass is 344 g/mol. The topological polar surface area (TPSA) is 51.2 Å². The van der Waals surface area contributed by atoms with Gasteiger partial charge in [-0.25, -0.2) is 4.98 Å². The minimum absolute atomic E-state index is 0.340. The van der Waals surface area contributed by atoms with E-state index in [2.05, 4.69) is 10.3 Å². The Hall–Kier alpha value is -1.49. The number of halogens is 3. The Bertz CT molecular complexity index is 647. The van der Waals surface area contributed by atoms with Gasteiger partial charge in [0.2, 0.25) is 0 Å². The largest absolute Gasteiger partial charge is 0.479 e. The fourth-order valence-corrected chi connectivity index (χ4v) is 2.06. The van der Waals surface area contributed by atoms with Crippen molar-refractivity contribution in [2.75, 3.05) is 5.32 Å². The number of hydrogen-bond donors (Lipinski definition) is 1. The highest BCUT2D eigenvalue weighted by molar-refractivity contribution is 6.35. The zero-order valence-corrected chi connectivity index (χ0v) is 13.2. The SMILES string of the molecule is C[C@@H](Oc1ccc(Cl)cc1Cl)C(=O)Nc1ccc(Cl)cn1. The van der Waals surface area contributed by atoms with Crippen molar-refractivity contribution in [2.24, 2.45) is 0 Å². The normalized spacial score (nSPS) is 11.8. The predicted octanol–water partition coefficient (Wildman–Crippen LogP) is 4.45. The molecule has 0 aliphatic carbocycles. The van der Waals surface area contributed by atoms with Gasteiger partial charge in [0.15, 0.2) is 6.10 Å². The Morgan fingerprint density at radius 3 is 2.52 bits per heavy atom. The highest BCUT2D eigenvalue weighted by atomic mass is 35.5.